The maximum atomic E-state index is 14.0. The fraction of sp³-hybridized carbons (Fsp3) is 0.821. The van der Waals surface area contributed by atoms with Crippen molar-refractivity contribution in [3.05, 3.63) is 23.3 Å². The van der Waals surface area contributed by atoms with E-state index in [1.54, 1.807) is 6.08 Å². The second kappa shape index (κ2) is 7.25. The van der Waals surface area contributed by atoms with Crippen molar-refractivity contribution in [1.29, 1.82) is 0 Å². The molecule has 0 aromatic rings. The van der Waals surface area contributed by atoms with Crippen LogP contribution in [0.25, 0.3) is 0 Å². The number of rotatable bonds is 3. The van der Waals surface area contributed by atoms with E-state index in [4.69, 9.17) is 0 Å². The van der Waals surface area contributed by atoms with Crippen LogP contribution >= 0.6 is 0 Å². The predicted octanol–water partition coefficient (Wildman–Crippen LogP) is 3.54. The van der Waals surface area contributed by atoms with Crippen molar-refractivity contribution in [2.75, 3.05) is 0 Å². The summed E-state index contributed by atoms with van der Waals surface area (Å²) >= 11 is 0. The summed E-state index contributed by atoms with van der Waals surface area (Å²) < 4.78 is 0. The SMILES string of the molecule is CC(C)[C@H](C)[C@@H](O)[C@H]1C[C@@]23CC(=O)[C@]4(O)C(=C2CC[C@@H]3[C@@H]1C)C=C[C@]1(O)C[C@H](O)CC[C@]41C. The Kier molecular flexibility index (Phi) is 5.21. The molecule has 5 nitrogen and oxygen atoms in total. The van der Waals surface area contributed by atoms with Crippen LogP contribution in [0.4, 0.5) is 0 Å². The largest absolute Gasteiger partial charge is 0.393 e. The molecule has 0 radical (unpaired) electrons. The van der Waals surface area contributed by atoms with E-state index in [1.807, 2.05) is 13.0 Å². The molecule has 0 aromatic heterocycles. The molecule has 5 heteroatoms. The molecule has 5 aliphatic carbocycles. The van der Waals surface area contributed by atoms with Gasteiger partial charge in [0.05, 0.1) is 17.8 Å². The molecule has 184 valence electrons. The third kappa shape index (κ3) is 2.77. The Balaban J connectivity index is 1.62. The Morgan fingerprint density at radius 2 is 1.82 bits per heavy atom. The van der Waals surface area contributed by atoms with Crippen LogP contribution in [-0.4, -0.2) is 49.6 Å². The lowest BCUT2D eigenvalue weighted by Crippen LogP contribution is -2.70. The molecule has 0 aromatic carbocycles. The van der Waals surface area contributed by atoms with Crippen LogP contribution in [0.5, 0.6) is 0 Å². The zero-order chi connectivity index (χ0) is 24.1. The third-order valence-corrected chi connectivity index (χ3v) is 11.4. The number of carbonyl (C=O) groups is 1. The second-order valence-corrected chi connectivity index (χ2v) is 12.8. The smallest absolute Gasteiger partial charge is 0.170 e. The van der Waals surface area contributed by atoms with Gasteiger partial charge in [0.1, 0.15) is 0 Å². The highest BCUT2D eigenvalue weighted by molar-refractivity contribution is 5.96. The van der Waals surface area contributed by atoms with Gasteiger partial charge in [-0.1, -0.05) is 52.3 Å². The Labute approximate surface area is 198 Å². The van der Waals surface area contributed by atoms with Crippen molar-refractivity contribution in [2.45, 2.75) is 103 Å². The molecular formula is C28H42O5. The van der Waals surface area contributed by atoms with Crippen LogP contribution in [0.2, 0.25) is 0 Å². The average molecular weight is 459 g/mol. The molecule has 3 fully saturated rings. The van der Waals surface area contributed by atoms with Gasteiger partial charge >= 0.3 is 0 Å². The van der Waals surface area contributed by atoms with E-state index in [-0.39, 0.29) is 29.5 Å². The lowest BCUT2D eigenvalue weighted by molar-refractivity contribution is -0.199. The summed E-state index contributed by atoms with van der Waals surface area (Å²) in [4.78, 5) is 14.0. The fourth-order valence-electron chi connectivity index (χ4n) is 8.86. The van der Waals surface area contributed by atoms with Gasteiger partial charge in [-0.05, 0) is 67.3 Å². The summed E-state index contributed by atoms with van der Waals surface area (Å²) in [6.07, 6.45) is 6.47. The molecule has 0 amide bonds. The van der Waals surface area contributed by atoms with Crippen LogP contribution in [0.3, 0.4) is 0 Å². The molecule has 33 heavy (non-hydrogen) atoms. The molecule has 0 unspecified atom stereocenters. The second-order valence-electron chi connectivity index (χ2n) is 12.8. The molecule has 5 aliphatic rings. The number of fused-ring (bicyclic) bond motifs is 3. The molecule has 0 bridgehead atoms. The summed E-state index contributed by atoms with van der Waals surface area (Å²) in [6.45, 7) is 10.5. The van der Waals surface area contributed by atoms with E-state index < -0.39 is 28.8 Å². The number of ketones is 1. The van der Waals surface area contributed by atoms with Crippen molar-refractivity contribution in [3.63, 3.8) is 0 Å². The Morgan fingerprint density at radius 3 is 2.48 bits per heavy atom. The van der Waals surface area contributed by atoms with Crippen molar-refractivity contribution in [3.8, 4) is 0 Å². The Bertz CT molecular complexity index is 921. The molecule has 10 atom stereocenters. The van der Waals surface area contributed by atoms with Crippen molar-refractivity contribution >= 4 is 5.78 Å². The maximum Gasteiger partial charge on any atom is 0.170 e. The number of hydrogen-bond donors (Lipinski definition) is 4. The zero-order valence-electron chi connectivity index (χ0n) is 20.8. The highest BCUT2D eigenvalue weighted by Crippen LogP contribution is 2.70. The first-order valence-corrected chi connectivity index (χ1v) is 13.1. The van der Waals surface area contributed by atoms with E-state index in [0.29, 0.717) is 42.6 Å². The first-order valence-electron chi connectivity index (χ1n) is 13.1. The summed E-state index contributed by atoms with van der Waals surface area (Å²) in [6, 6.07) is 0. The minimum absolute atomic E-state index is 0.143. The van der Waals surface area contributed by atoms with Crippen LogP contribution in [0.15, 0.2) is 23.3 Å². The normalized spacial score (nSPS) is 50.7. The Hall–Kier alpha value is -1.01. The number of allylic oxidation sites excluding steroid dienone is 1. The van der Waals surface area contributed by atoms with Gasteiger partial charge in [-0.3, -0.25) is 4.79 Å². The number of Topliss-reactive ketones (excluding diaryl/α,β-unsaturated/α-hetero) is 1. The topological polar surface area (TPSA) is 98.0 Å². The van der Waals surface area contributed by atoms with Crippen LogP contribution in [0.1, 0.15) is 79.6 Å². The summed E-state index contributed by atoms with van der Waals surface area (Å²) in [7, 11) is 0. The van der Waals surface area contributed by atoms with E-state index in [9.17, 15) is 25.2 Å². The molecule has 1 spiro atoms. The molecular weight excluding hydrogens is 416 g/mol. The number of hydrogen-bond acceptors (Lipinski definition) is 5. The molecule has 0 heterocycles. The van der Waals surface area contributed by atoms with Crippen molar-refractivity contribution in [1.82, 2.24) is 0 Å². The first kappa shape index (κ1) is 23.7. The van der Waals surface area contributed by atoms with Gasteiger partial charge in [-0.15, -0.1) is 0 Å². The highest BCUT2D eigenvalue weighted by Gasteiger charge is 2.72. The van der Waals surface area contributed by atoms with Crippen LogP contribution in [0, 0.1) is 40.4 Å². The molecule has 5 rings (SSSR count). The standard InChI is InChI=1S/C28H42O5/c1-15(2)16(3)24(31)19-13-26-14-23(30)28(33)22(21(26)7-6-20(26)17(19)4)9-11-27(32)12-18(29)8-10-25(27,28)5/h9,11,15-20,24,29,31-33H,6-8,10,12-14H2,1-5H3/t16-,17+,18+,19-,20+,24+,25-,26-,27-,28+/m0/s1. The number of aliphatic hydroxyl groups excluding tert-OH is 2. The van der Waals surface area contributed by atoms with Gasteiger partial charge < -0.3 is 20.4 Å². The molecule has 0 aliphatic heterocycles. The first-order chi connectivity index (χ1) is 15.3. The van der Waals surface area contributed by atoms with Gasteiger partial charge in [-0.25, -0.2) is 0 Å². The van der Waals surface area contributed by atoms with Gasteiger partial charge in [-0.2, -0.15) is 0 Å². The van der Waals surface area contributed by atoms with Crippen molar-refractivity contribution in [2.24, 2.45) is 40.4 Å². The average Bonchev–Trinajstić information content (AvgIpc) is 3.23. The van der Waals surface area contributed by atoms with E-state index in [0.717, 1.165) is 19.3 Å². The highest BCUT2D eigenvalue weighted by atomic mass is 16.3. The van der Waals surface area contributed by atoms with Crippen molar-refractivity contribution < 1.29 is 25.2 Å². The molecule has 3 saturated carbocycles. The third-order valence-electron chi connectivity index (χ3n) is 11.4. The van der Waals surface area contributed by atoms with Crippen LogP contribution < -0.4 is 0 Å². The van der Waals surface area contributed by atoms with Crippen LogP contribution in [-0.2, 0) is 4.79 Å². The quantitative estimate of drug-likeness (QED) is 0.519. The van der Waals surface area contributed by atoms with Gasteiger partial charge in [0.2, 0.25) is 0 Å². The fourth-order valence-corrected chi connectivity index (χ4v) is 8.86. The monoisotopic (exact) mass is 458 g/mol. The lowest BCUT2D eigenvalue weighted by Gasteiger charge is -2.60. The lowest BCUT2D eigenvalue weighted by atomic mass is 9.46. The minimum Gasteiger partial charge on any atom is -0.393 e. The summed E-state index contributed by atoms with van der Waals surface area (Å²) in [5.41, 5.74) is -2.57. The number of aliphatic hydroxyl groups is 4. The van der Waals surface area contributed by atoms with E-state index >= 15 is 0 Å². The van der Waals surface area contributed by atoms with Gasteiger partial charge in [0.15, 0.2) is 11.4 Å². The minimum atomic E-state index is -1.72. The van der Waals surface area contributed by atoms with Gasteiger partial charge in [0, 0.05) is 23.7 Å². The zero-order valence-corrected chi connectivity index (χ0v) is 20.8. The predicted molar refractivity (Wildman–Crippen MR) is 126 cm³/mol. The maximum absolute atomic E-state index is 14.0. The van der Waals surface area contributed by atoms with E-state index in [1.165, 1.54) is 5.57 Å². The molecule has 0 saturated heterocycles. The Morgan fingerprint density at radius 1 is 1.12 bits per heavy atom. The van der Waals surface area contributed by atoms with Gasteiger partial charge in [0.25, 0.3) is 0 Å². The summed E-state index contributed by atoms with van der Waals surface area (Å²) in [5, 5.41) is 45.2. The number of carbonyl (C=O) groups excluding carboxylic acids is 1. The molecule has 4 N–H and O–H groups in total. The summed E-state index contributed by atoms with van der Waals surface area (Å²) in [5.74, 6) is 1.20. The van der Waals surface area contributed by atoms with E-state index in [2.05, 4.69) is 27.7 Å².